The Kier molecular flexibility index (Phi) is 5.48. The lowest BCUT2D eigenvalue weighted by atomic mass is 10.0. The van der Waals surface area contributed by atoms with Crippen LogP contribution in [0.1, 0.15) is 49.0 Å². The zero-order chi connectivity index (χ0) is 14.6. The zero-order valence-electron chi connectivity index (χ0n) is 12.0. The summed E-state index contributed by atoms with van der Waals surface area (Å²) >= 11 is 4.88. The fourth-order valence-electron chi connectivity index (χ4n) is 1.84. The van der Waals surface area contributed by atoms with E-state index in [1.165, 1.54) is 5.56 Å². The van der Waals surface area contributed by atoms with E-state index in [-0.39, 0.29) is 11.9 Å². The minimum atomic E-state index is -0.000874. The molecule has 0 heterocycles. The van der Waals surface area contributed by atoms with Gasteiger partial charge in [-0.05, 0) is 30.5 Å². The Labute approximate surface area is 120 Å². The molecule has 3 nitrogen and oxygen atoms in total. The molecule has 0 aliphatic carbocycles. The summed E-state index contributed by atoms with van der Waals surface area (Å²) in [7, 11) is 1.78. The third-order valence-corrected chi connectivity index (χ3v) is 3.47. The Morgan fingerprint density at radius 2 is 1.79 bits per heavy atom. The smallest absolute Gasteiger partial charge is 0.253 e. The molecule has 0 spiro atoms. The van der Waals surface area contributed by atoms with Gasteiger partial charge in [0.05, 0.1) is 4.99 Å². The van der Waals surface area contributed by atoms with E-state index in [0.717, 1.165) is 0 Å². The number of rotatable bonds is 5. The Hall–Kier alpha value is -1.42. The molecule has 0 saturated heterocycles. The van der Waals surface area contributed by atoms with Crippen LogP contribution in [-0.2, 0) is 0 Å². The van der Waals surface area contributed by atoms with Crippen molar-refractivity contribution in [2.75, 3.05) is 7.05 Å². The Morgan fingerprint density at radius 3 is 2.21 bits per heavy atom. The van der Waals surface area contributed by atoms with Crippen molar-refractivity contribution < 1.29 is 4.79 Å². The van der Waals surface area contributed by atoms with E-state index in [1.54, 1.807) is 11.9 Å². The van der Waals surface area contributed by atoms with Crippen LogP contribution in [0.4, 0.5) is 0 Å². The summed E-state index contributed by atoms with van der Waals surface area (Å²) in [5.74, 6) is 0.467. The minimum Gasteiger partial charge on any atom is -0.393 e. The highest BCUT2D eigenvalue weighted by Gasteiger charge is 2.18. The molecule has 1 aromatic rings. The summed E-state index contributed by atoms with van der Waals surface area (Å²) in [5, 5.41) is 0. The maximum Gasteiger partial charge on any atom is 0.253 e. The van der Waals surface area contributed by atoms with Crippen LogP contribution in [0.25, 0.3) is 0 Å². The monoisotopic (exact) mass is 278 g/mol. The highest BCUT2D eigenvalue weighted by Crippen LogP contribution is 2.16. The van der Waals surface area contributed by atoms with Crippen molar-refractivity contribution in [3.63, 3.8) is 0 Å². The first-order valence-corrected chi connectivity index (χ1v) is 6.89. The quantitative estimate of drug-likeness (QED) is 0.842. The van der Waals surface area contributed by atoms with Crippen LogP contribution in [-0.4, -0.2) is 28.9 Å². The van der Waals surface area contributed by atoms with Gasteiger partial charge in [-0.15, -0.1) is 0 Å². The number of benzene rings is 1. The molecule has 0 aromatic heterocycles. The number of nitrogens with zero attached hydrogens (tertiary/aromatic N) is 1. The topological polar surface area (TPSA) is 46.3 Å². The lowest BCUT2D eigenvalue weighted by molar-refractivity contribution is 0.0748. The van der Waals surface area contributed by atoms with E-state index in [9.17, 15) is 4.79 Å². The molecule has 0 radical (unpaired) electrons. The van der Waals surface area contributed by atoms with Gasteiger partial charge in [0.15, 0.2) is 0 Å². The Balaban J connectivity index is 2.79. The molecule has 2 N–H and O–H groups in total. The van der Waals surface area contributed by atoms with Gasteiger partial charge >= 0.3 is 0 Å². The molecule has 0 aliphatic heterocycles. The summed E-state index contributed by atoms with van der Waals surface area (Å²) in [5.41, 5.74) is 7.44. The van der Waals surface area contributed by atoms with Crippen molar-refractivity contribution in [2.24, 2.45) is 5.73 Å². The number of carbonyl (C=O) groups is 1. The van der Waals surface area contributed by atoms with E-state index in [0.29, 0.717) is 22.9 Å². The van der Waals surface area contributed by atoms with Crippen LogP contribution >= 0.6 is 12.2 Å². The molecular formula is C15H22N2OS. The first-order valence-electron chi connectivity index (χ1n) is 6.48. The molecule has 1 amide bonds. The van der Waals surface area contributed by atoms with Crippen LogP contribution in [0.5, 0.6) is 0 Å². The van der Waals surface area contributed by atoms with E-state index >= 15 is 0 Å². The normalized spacial score (nSPS) is 12.3. The number of amides is 1. The van der Waals surface area contributed by atoms with E-state index < -0.39 is 0 Å². The standard InChI is InChI=1S/C15H22N2OS/c1-10(2)12-5-7-13(8-6-12)15(18)17(4)11(3)9-14(16)19/h5-8,10-11H,9H2,1-4H3,(H2,16,19). The SMILES string of the molecule is CC(C)c1ccc(C(=O)N(C)C(C)CC(N)=S)cc1. The number of carbonyl (C=O) groups excluding carboxylic acids is 1. The Bertz CT molecular complexity index is 454. The predicted octanol–water partition coefficient (Wildman–Crippen LogP) is 2.95. The van der Waals surface area contributed by atoms with Gasteiger partial charge in [0.25, 0.3) is 5.91 Å². The number of hydrogen-bond donors (Lipinski definition) is 1. The molecular weight excluding hydrogens is 256 g/mol. The second-order valence-corrected chi connectivity index (χ2v) is 5.74. The molecule has 19 heavy (non-hydrogen) atoms. The van der Waals surface area contributed by atoms with Gasteiger partial charge in [-0.2, -0.15) is 0 Å². The zero-order valence-corrected chi connectivity index (χ0v) is 12.8. The first kappa shape index (κ1) is 15.6. The van der Waals surface area contributed by atoms with Gasteiger partial charge in [0, 0.05) is 25.1 Å². The van der Waals surface area contributed by atoms with Crippen molar-refractivity contribution >= 4 is 23.1 Å². The summed E-state index contributed by atoms with van der Waals surface area (Å²) < 4.78 is 0. The largest absolute Gasteiger partial charge is 0.393 e. The molecule has 0 saturated carbocycles. The maximum absolute atomic E-state index is 12.3. The highest BCUT2D eigenvalue weighted by atomic mass is 32.1. The van der Waals surface area contributed by atoms with Gasteiger partial charge in [0.2, 0.25) is 0 Å². The lowest BCUT2D eigenvalue weighted by Gasteiger charge is -2.24. The van der Waals surface area contributed by atoms with Crippen LogP contribution in [0.15, 0.2) is 24.3 Å². The van der Waals surface area contributed by atoms with Gasteiger partial charge in [-0.1, -0.05) is 38.2 Å². The molecule has 1 aromatic carbocycles. The van der Waals surface area contributed by atoms with Crippen molar-refractivity contribution in [3.8, 4) is 0 Å². The van der Waals surface area contributed by atoms with Gasteiger partial charge in [0.1, 0.15) is 0 Å². The molecule has 104 valence electrons. The second-order valence-electron chi connectivity index (χ2n) is 5.21. The Morgan fingerprint density at radius 1 is 1.26 bits per heavy atom. The predicted molar refractivity (Wildman–Crippen MR) is 83.5 cm³/mol. The van der Waals surface area contributed by atoms with Crippen LogP contribution < -0.4 is 5.73 Å². The first-order chi connectivity index (χ1) is 8.82. The number of nitrogens with two attached hydrogens (primary N) is 1. The van der Waals surface area contributed by atoms with Crippen molar-refractivity contribution in [2.45, 2.75) is 39.2 Å². The second kappa shape index (κ2) is 6.66. The van der Waals surface area contributed by atoms with Crippen LogP contribution in [0.3, 0.4) is 0 Å². The summed E-state index contributed by atoms with van der Waals surface area (Å²) in [4.78, 5) is 14.4. The molecule has 1 unspecified atom stereocenters. The average Bonchev–Trinajstić information content (AvgIpc) is 2.36. The fourth-order valence-corrected chi connectivity index (χ4v) is 2.08. The molecule has 4 heteroatoms. The molecule has 0 bridgehead atoms. The van der Waals surface area contributed by atoms with Gasteiger partial charge in [-0.3, -0.25) is 4.79 Å². The molecule has 0 fully saturated rings. The number of thiocarbonyl (C=S) groups is 1. The van der Waals surface area contributed by atoms with Gasteiger partial charge in [-0.25, -0.2) is 0 Å². The minimum absolute atomic E-state index is 0.000874. The van der Waals surface area contributed by atoms with E-state index in [2.05, 4.69) is 13.8 Å². The lowest BCUT2D eigenvalue weighted by Crippen LogP contribution is -2.37. The van der Waals surface area contributed by atoms with Crippen molar-refractivity contribution in [3.05, 3.63) is 35.4 Å². The van der Waals surface area contributed by atoms with Crippen LogP contribution in [0, 0.1) is 0 Å². The van der Waals surface area contributed by atoms with Crippen molar-refractivity contribution in [1.29, 1.82) is 0 Å². The third-order valence-electron chi connectivity index (χ3n) is 3.30. The summed E-state index contributed by atoms with van der Waals surface area (Å²) in [6.07, 6.45) is 0.543. The number of hydrogen-bond acceptors (Lipinski definition) is 2. The van der Waals surface area contributed by atoms with Crippen LogP contribution in [0.2, 0.25) is 0 Å². The summed E-state index contributed by atoms with van der Waals surface area (Å²) in [6.45, 7) is 6.21. The molecule has 0 aliphatic rings. The summed E-state index contributed by atoms with van der Waals surface area (Å²) in [6, 6.07) is 7.77. The highest BCUT2D eigenvalue weighted by molar-refractivity contribution is 7.80. The van der Waals surface area contributed by atoms with Gasteiger partial charge < -0.3 is 10.6 Å². The maximum atomic E-state index is 12.3. The average molecular weight is 278 g/mol. The van der Waals surface area contributed by atoms with E-state index in [4.69, 9.17) is 18.0 Å². The third kappa shape index (κ3) is 4.31. The fraction of sp³-hybridized carbons (Fsp3) is 0.467. The van der Waals surface area contributed by atoms with E-state index in [1.807, 2.05) is 31.2 Å². The van der Waals surface area contributed by atoms with Crippen molar-refractivity contribution in [1.82, 2.24) is 4.90 Å². The molecule has 1 rings (SSSR count). The molecule has 1 atom stereocenters.